The normalized spacial score (nSPS) is 14.7. The molecule has 0 aromatic carbocycles. The summed E-state index contributed by atoms with van der Waals surface area (Å²) in [7, 11) is 1.95. The average molecular weight is 253 g/mol. The highest BCUT2D eigenvalue weighted by molar-refractivity contribution is 5.12. The van der Waals surface area contributed by atoms with Crippen molar-refractivity contribution in [2.45, 2.75) is 52.2 Å². The molecule has 0 aliphatic heterocycles. The molecule has 0 spiro atoms. The molecule has 0 fully saturated rings. The van der Waals surface area contributed by atoms with Crippen molar-refractivity contribution in [3.63, 3.8) is 0 Å². The van der Waals surface area contributed by atoms with Gasteiger partial charge in [-0.05, 0) is 26.3 Å². The number of aryl methyl sites for hydroxylation is 1. The van der Waals surface area contributed by atoms with Crippen molar-refractivity contribution >= 4 is 0 Å². The third-order valence-corrected chi connectivity index (χ3v) is 3.02. The maximum atomic E-state index is 5.91. The SMILES string of the molecule is CCCNC(c1cnn(C)c1)C(CCC)OCC. The molecule has 1 rings (SSSR count). The Balaban J connectivity index is 2.80. The van der Waals surface area contributed by atoms with Gasteiger partial charge in [0.05, 0.1) is 18.3 Å². The van der Waals surface area contributed by atoms with E-state index in [9.17, 15) is 0 Å². The van der Waals surface area contributed by atoms with Crippen LogP contribution in [0.4, 0.5) is 0 Å². The zero-order valence-corrected chi connectivity index (χ0v) is 12.1. The highest BCUT2D eigenvalue weighted by atomic mass is 16.5. The third-order valence-electron chi connectivity index (χ3n) is 3.02. The molecule has 1 aromatic heterocycles. The molecule has 4 nitrogen and oxygen atoms in total. The van der Waals surface area contributed by atoms with E-state index < -0.39 is 0 Å². The molecule has 0 radical (unpaired) electrons. The number of aromatic nitrogens is 2. The number of hydrogen-bond acceptors (Lipinski definition) is 3. The molecule has 0 aliphatic carbocycles. The van der Waals surface area contributed by atoms with Gasteiger partial charge in [0, 0.05) is 25.4 Å². The molecule has 2 atom stereocenters. The van der Waals surface area contributed by atoms with Gasteiger partial charge in [0.2, 0.25) is 0 Å². The van der Waals surface area contributed by atoms with E-state index >= 15 is 0 Å². The van der Waals surface area contributed by atoms with Gasteiger partial charge in [0.25, 0.3) is 0 Å². The maximum Gasteiger partial charge on any atom is 0.0770 e. The van der Waals surface area contributed by atoms with Crippen molar-refractivity contribution < 1.29 is 4.74 Å². The molecule has 0 saturated heterocycles. The third kappa shape index (κ3) is 4.42. The number of rotatable bonds is 9. The van der Waals surface area contributed by atoms with Gasteiger partial charge in [0.1, 0.15) is 0 Å². The van der Waals surface area contributed by atoms with Crippen LogP contribution in [0.3, 0.4) is 0 Å². The van der Waals surface area contributed by atoms with Gasteiger partial charge >= 0.3 is 0 Å². The van der Waals surface area contributed by atoms with Crippen molar-refractivity contribution in [3.8, 4) is 0 Å². The predicted octanol–water partition coefficient (Wildman–Crippen LogP) is 2.67. The zero-order chi connectivity index (χ0) is 13.4. The summed E-state index contributed by atoms with van der Waals surface area (Å²) >= 11 is 0. The Morgan fingerprint density at radius 3 is 2.61 bits per heavy atom. The molecule has 1 aromatic rings. The van der Waals surface area contributed by atoms with Crippen molar-refractivity contribution in [2.24, 2.45) is 7.05 Å². The lowest BCUT2D eigenvalue weighted by atomic mass is 10.0. The number of nitrogens with one attached hydrogen (secondary N) is 1. The minimum absolute atomic E-state index is 0.232. The van der Waals surface area contributed by atoms with Crippen LogP contribution in [0.2, 0.25) is 0 Å². The van der Waals surface area contributed by atoms with E-state index in [0.717, 1.165) is 32.4 Å². The molecule has 104 valence electrons. The lowest BCUT2D eigenvalue weighted by Crippen LogP contribution is -2.34. The largest absolute Gasteiger partial charge is 0.377 e. The molecule has 1 heterocycles. The highest BCUT2D eigenvalue weighted by Crippen LogP contribution is 2.22. The van der Waals surface area contributed by atoms with E-state index in [2.05, 4.69) is 37.4 Å². The van der Waals surface area contributed by atoms with Crippen LogP contribution < -0.4 is 5.32 Å². The fourth-order valence-corrected chi connectivity index (χ4v) is 2.21. The monoisotopic (exact) mass is 253 g/mol. The molecule has 2 unspecified atom stereocenters. The maximum absolute atomic E-state index is 5.91. The fraction of sp³-hybridized carbons (Fsp3) is 0.786. The van der Waals surface area contributed by atoms with Crippen LogP contribution >= 0.6 is 0 Å². The van der Waals surface area contributed by atoms with Gasteiger partial charge < -0.3 is 10.1 Å². The molecule has 0 saturated carbocycles. The first kappa shape index (κ1) is 15.2. The molecule has 0 aliphatic rings. The van der Waals surface area contributed by atoms with Gasteiger partial charge in [-0.25, -0.2) is 0 Å². The summed E-state index contributed by atoms with van der Waals surface area (Å²) in [6.45, 7) is 8.21. The van der Waals surface area contributed by atoms with Crippen molar-refractivity contribution in [3.05, 3.63) is 18.0 Å². The number of hydrogen-bond donors (Lipinski definition) is 1. The average Bonchev–Trinajstić information content (AvgIpc) is 2.77. The van der Waals surface area contributed by atoms with Gasteiger partial charge in [-0.2, -0.15) is 5.10 Å². The van der Waals surface area contributed by atoms with Crippen molar-refractivity contribution in [1.82, 2.24) is 15.1 Å². The fourth-order valence-electron chi connectivity index (χ4n) is 2.21. The Morgan fingerprint density at radius 2 is 2.11 bits per heavy atom. The quantitative estimate of drug-likeness (QED) is 0.735. The lowest BCUT2D eigenvalue weighted by Gasteiger charge is -2.27. The van der Waals surface area contributed by atoms with Gasteiger partial charge in [-0.3, -0.25) is 4.68 Å². The van der Waals surface area contributed by atoms with Crippen LogP contribution in [0.5, 0.6) is 0 Å². The Hall–Kier alpha value is -0.870. The summed E-state index contributed by atoms with van der Waals surface area (Å²) < 4.78 is 7.76. The van der Waals surface area contributed by atoms with E-state index in [1.54, 1.807) is 0 Å². The van der Waals surface area contributed by atoms with Crippen LogP contribution in [0.15, 0.2) is 12.4 Å². The Labute approximate surface area is 111 Å². The second-order valence-corrected chi connectivity index (χ2v) is 4.66. The standard InChI is InChI=1S/C14H27N3O/c1-5-8-13(18-7-3)14(15-9-6-2)12-10-16-17(4)11-12/h10-11,13-15H,5-9H2,1-4H3. The van der Waals surface area contributed by atoms with Gasteiger partial charge in [-0.1, -0.05) is 20.3 Å². The summed E-state index contributed by atoms with van der Waals surface area (Å²) in [5.41, 5.74) is 1.22. The first-order valence-corrected chi connectivity index (χ1v) is 7.06. The van der Waals surface area contributed by atoms with Crippen molar-refractivity contribution in [1.29, 1.82) is 0 Å². The molecular weight excluding hydrogens is 226 g/mol. The first-order valence-electron chi connectivity index (χ1n) is 7.06. The number of nitrogens with zero attached hydrogens (tertiary/aromatic N) is 2. The van der Waals surface area contributed by atoms with Crippen LogP contribution in [-0.2, 0) is 11.8 Å². The van der Waals surface area contributed by atoms with Crippen LogP contribution in [-0.4, -0.2) is 29.0 Å². The van der Waals surface area contributed by atoms with E-state index in [4.69, 9.17) is 4.74 Å². The lowest BCUT2D eigenvalue weighted by molar-refractivity contribution is 0.0276. The smallest absolute Gasteiger partial charge is 0.0770 e. The second-order valence-electron chi connectivity index (χ2n) is 4.66. The molecule has 0 amide bonds. The van der Waals surface area contributed by atoms with E-state index in [1.807, 2.05) is 17.9 Å². The van der Waals surface area contributed by atoms with Crippen molar-refractivity contribution in [2.75, 3.05) is 13.2 Å². The van der Waals surface area contributed by atoms with Crippen LogP contribution in [0.25, 0.3) is 0 Å². The topological polar surface area (TPSA) is 39.1 Å². The Kier molecular flexibility index (Phi) is 6.98. The highest BCUT2D eigenvalue weighted by Gasteiger charge is 2.23. The summed E-state index contributed by atoms with van der Waals surface area (Å²) in [4.78, 5) is 0. The Bertz CT molecular complexity index is 319. The van der Waals surface area contributed by atoms with E-state index in [1.165, 1.54) is 5.56 Å². The molecule has 4 heteroatoms. The number of ether oxygens (including phenoxy) is 1. The molecule has 0 bridgehead atoms. The summed E-state index contributed by atoms with van der Waals surface area (Å²) in [5, 5.41) is 7.86. The second kappa shape index (κ2) is 8.27. The van der Waals surface area contributed by atoms with Crippen LogP contribution in [0, 0.1) is 0 Å². The van der Waals surface area contributed by atoms with Gasteiger partial charge in [0.15, 0.2) is 0 Å². The molecular formula is C14H27N3O. The molecule has 1 N–H and O–H groups in total. The summed E-state index contributed by atoms with van der Waals surface area (Å²) in [6, 6.07) is 0.249. The van der Waals surface area contributed by atoms with Crippen LogP contribution in [0.1, 0.15) is 51.6 Å². The minimum Gasteiger partial charge on any atom is -0.377 e. The van der Waals surface area contributed by atoms with Gasteiger partial charge in [-0.15, -0.1) is 0 Å². The summed E-state index contributed by atoms with van der Waals surface area (Å²) in [5.74, 6) is 0. The minimum atomic E-state index is 0.232. The first-order chi connectivity index (χ1) is 8.72. The van der Waals surface area contributed by atoms with E-state index in [0.29, 0.717) is 0 Å². The Morgan fingerprint density at radius 1 is 1.33 bits per heavy atom. The zero-order valence-electron chi connectivity index (χ0n) is 12.1. The summed E-state index contributed by atoms with van der Waals surface area (Å²) in [6.07, 6.45) is 7.58. The van der Waals surface area contributed by atoms with E-state index in [-0.39, 0.29) is 12.1 Å². The predicted molar refractivity (Wildman–Crippen MR) is 74.6 cm³/mol. The molecule has 18 heavy (non-hydrogen) atoms.